The van der Waals surface area contributed by atoms with Crippen molar-refractivity contribution in [2.45, 2.75) is 31.3 Å². The van der Waals surface area contributed by atoms with Gasteiger partial charge in [0, 0.05) is 6.26 Å². The number of ether oxygens (including phenoxy) is 1. The summed E-state index contributed by atoms with van der Waals surface area (Å²) in [6.45, 7) is 3.84. The molecule has 0 heterocycles. The molecule has 0 radical (unpaired) electrons. The van der Waals surface area contributed by atoms with Crippen molar-refractivity contribution < 1.29 is 33.0 Å². The average Bonchev–Trinajstić information content (AvgIpc) is 2.71. The number of carbonyl (C=O) groups is 2. The van der Waals surface area contributed by atoms with Crippen molar-refractivity contribution in [2.24, 2.45) is 0 Å². The van der Waals surface area contributed by atoms with Crippen LogP contribution in [0.4, 0.5) is 4.79 Å². The number of sulfone groups is 1. The standard InChI is InChI=1S/C24H29NO7S/c1-24(2,3)32-23(29)25(15-22(27)28)14-20(21(16-26)17-8-6-5-7-9-17)18-10-12-19(13-11-18)33(4,30)31/h5-13,26H,14-16H2,1-4H3,(H,27,28). The Morgan fingerprint density at radius 3 is 1.91 bits per heavy atom. The molecule has 33 heavy (non-hydrogen) atoms. The van der Waals surface area contributed by atoms with Gasteiger partial charge in [0.15, 0.2) is 9.84 Å². The fourth-order valence-electron chi connectivity index (χ4n) is 3.13. The maximum atomic E-state index is 12.8. The maximum Gasteiger partial charge on any atom is 0.411 e. The molecule has 8 nitrogen and oxygen atoms in total. The summed E-state index contributed by atoms with van der Waals surface area (Å²) in [7, 11) is -3.42. The quantitative estimate of drug-likeness (QED) is 0.562. The molecule has 0 unspecified atom stereocenters. The monoisotopic (exact) mass is 475 g/mol. The number of aliphatic carboxylic acids is 1. The third-order valence-electron chi connectivity index (χ3n) is 4.60. The minimum atomic E-state index is -3.42. The van der Waals surface area contributed by atoms with Crippen molar-refractivity contribution in [3.63, 3.8) is 0 Å². The molecule has 2 N–H and O–H groups in total. The van der Waals surface area contributed by atoms with E-state index in [-0.39, 0.29) is 18.0 Å². The lowest BCUT2D eigenvalue weighted by atomic mass is 9.94. The summed E-state index contributed by atoms with van der Waals surface area (Å²) in [6.07, 6.45) is 0.277. The molecule has 1 amide bonds. The first-order valence-electron chi connectivity index (χ1n) is 10.2. The second kappa shape index (κ2) is 10.6. The van der Waals surface area contributed by atoms with Crippen LogP contribution in [-0.2, 0) is 19.4 Å². The van der Waals surface area contributed by atoms with Gasteiger partial charge in [-0.1, -0.05) is 42.5 Å². The SMILES string of the molecule is CC(C)(C)OC(=O)N(CC(=O)O)CC(=C(CO)c1ccccc1)c1ccc(S(C)(=O)=O)cc1. The molecular formula is C24H29NO7S. The van der Waals surface area contributed by atoms with E-state index in [4.69, 9.17) is 4.74 Å². The van der Waals surface area contributed by atoms with Gasteiger partial charge in [-0.25, -0.2) is 13.2 Å². The minimum absolute atomic E-state index is 0.116. The van der Waals surface area contributed by atoms with Crippen molar-refractivity contribution in [3.05, 3.63) is 65.7 Å². The van der Waals surface area contributed by atoms with Gasteiger partial charge < -0.3 is 14.9 Å². The average molecular weight is 476 g/mol. The number of hydrogen-bond donors (Lipinski definition) is 2. The van der Waals surface area contributed by atoms with Crippen LogP contribution in [0.2, 0.25) is 0 Å². The Morgan fingerprint density at radius 2 is 1.45 bits per heavy atom. The molecule has 0 aromatic heterocycles. The number of carboxylic acids is 1. The van der Waals surface area contributed by atoms with Gasteiger partial charge >= 0.3 is 12.1 Å². The van der Waals surface area contributed by atoms with Crippen LogP contribution >= 0.6 is 0 Å². The number of hydrogen-bond acceptors (Lipinski definition) is 6. The van der Waals surface area contributed by atoms with Crippen molar-refractivity contribution in [3.8, 4) is 0 Å². The van der Waals surface area contributed by atoms with Gasteiger partial charge in [0.05, 0.1) is 18.0 Å². The molecule has 0 fully saturated rings. The second-order valence-electron chi connectivity index (χ2n) is 8.51. The highest BCUT2D eigenvalue weighted by atomic mass is 32.2. The highest BCUT2D eigenvalue weighted by Crippen LogP contribution is 2.28. The van der Waals surface area contributed by atoms with E-state index >= 15 is 0 Å². The van der Waals surface area contributed by atoms with Crippen molar-refractivity contribution in [2.75, 3.05) is 26.0 Å². The van der Waals surface area contributed by atoms with Gasteiger partial charge in [-0.15, -0.1) is 0 Å². The molecule has 9 heteroatoms. The number of nitrogens with zero attached hydrogens (tertiary/aromatic N) is 1. The van der Waals surface area contributed by atoms with Crippen LogP contribution in [0.1, 0.15) is 31.9 Å². The van der Waals surface area contributed by atoms with E-state index in [0.717, 1.165) is 11.2 Å². The van der Waals surface area contributed by atoms with E-state index in [1.165, 1.54) is 12.1 Å². The van der Waals surface area contributed by atoms with Gasteiger partial charge in [0.25, 0.3) is 0 Å². The number of benzene rings is 2. The zero-order chi connectivity index (χ0) is 24.8. The molecule has 0 spiro atoms. The topological polar surface area (TPSA) is 121 Å². The van der Waals surface area contributed by atoms with Crippen LogP contribution in [-0.4, -0.2) is 67.1 Å². The third-order valence-corrected chi connectivity index (χ3v) is 5.73. The van der Waals surface area contributed by atoms with Crippen LogP contribution in [0.3, 0.4) is 0 Å². The highest BCUT2D eigenvalue weighted by Gasteiger charge is 2.26. The fourth-order valence-corrected chi connectivity index (χ4v) is 3.76. The molecule has 0 saturated carbocycles. The lowest BCUT2D eigenvalue weighted by Gasteiger charge is -2.28. The predicted molar refractivity (Wildman–Crippen MR) is 125 cm³/mol. The van der Waals surface area contributed by atoms with E-state index in [2.05, 4.69) is 0 Å². The second-order valence-corrected chi connectivity index (χ2v) is 10.5. The van der Waals surface area contributed by atoms with Gasteiger partial charge in [0.2, 0.25) is 0 Å². The number of carboxylic acid groups (broad SMARTS) is 1. The first-order valence-corrected chi connectivity index (χ1v) is 12.1. The molecule has 0 saturated heterocycles. The maximum absolute atomic E-state index is 12.8. The molecule has 0 atom stereocenters. The van der Waals surface area contributed by atoms with Gasteiger partial charge in [0.1, 0.15) is 12.1 Å². The van der Waals surface area contributed by atoms with Crippen LogP contribution in [0, 0.1) is 0 Å². The summed E-state index contributed by atoms with van der Waals surface area (Å²) < 4.78 is 29.1. The minimum Gasteiger partial charge on any atom is -0.480 e. The summed E-state index contributed by atoms with van der Waals surface area (Å²) in [4.78, 5) is 25.4. The van der Waals surface area contributed by atoms with E-state index < -0.39 is 34.0 Å². The van der Waals surface area contributed by atoms with E-state index in [1.54, 1.807) is 57.2 Å². The Labute approximate surface area is 194 Å². The van der Waals surface area contributed by atoms with E-state index in [1.807, 2.05) is 6.07 Å². The largest absolute Gasteiger partial charge is 0.480 e. The Hall–Kier alpha value is -3.17. The van der Waals surface area contributed by atoms with Crippen LogP contribution in [0.25, 0.3) is 11.1 Å². The first kappa shape index (κ1) is 26.1. The smallest absolute Gasteiger partial charge is 0.411 e. The molecule has 0 aliphatic heterocycles. The van der Waals surface area contributed by atoms with Crippen LogP contribution in [0.15, 0.2) is 59.5 Å². The van der Waals surface area contributed by atoms with Crippen molar-refractivity contribution in [1.29, 1.82) is 0 Å². The van der Waals surface area contributed by atoms with Gasteiger partial charge in [-0.2, -0.15) is 0 Å². The third kappa shape index (κ3) is 7.73. The molecule has 0 aliphatic carbocycles. The highest BCUT2D eigenvalue weighted by molar-refractivity contribution is 7.90. The van der Waals surface area contributed by atoms with Crippen LogP contribution in [0.5, 0.6) is 0 Å². The predicted octanol–water partition coefficient (Wildman–Crippen LogP) is 3.31. The summed E-state index contributed by atoms with van der Waals surface area (Å²) in [5, 5.41) is 19.6. The Balaban J connectivity index is 2.63. The molecule has 2 aromatic carbocycles. The lowest BCUT2D eigenvalue weighted by molar-refractivity contribution is -0.138. The first-order chi connectivity index (χ1) is 15.3. The molecular weight excluding hydrogens is 446 g/mol. The Morgan fingerprint density at radius 1 is 0.909 bits per heavy atom. The number of aliphatic hydroxyl groups excluding tert-OH is 1. The zero-order valence-corrected chi connectivity index (χ0v) is 19.9. The van der Waals surface area contributed by atoms with E-state index in [9.17, 15) is 28.2 Å². The summed E-state index contributed by atoms with van der Waals surface area (Å²) in [5.74, 6) is -1.22. The number of amides is 1. The number of aliphatic hydroxyl groups is 1. The lowest BCUT2D eigenvalue weighted by Crippen LogP contribution is -2.40. The summed E-state index contributed by atoms with van der Waals surface area (Å²) in [5.41, 5.74) is 1.32. The normalized spacial score (nSPS) is 12.6. The molecule has 2 rings (SSSR count). The number of carbonyl (C=O) groups excluding carboxylic acids is 1. The Bertz CT molecular complexity index is 1120. The molecule has 0 bridgehead atoms. The van der Waals surface area contributed by atoms with Crippen molar-refractivity contribution >= 4 is 33.0 Å². The van der Waals surface area contributed by atoms with Gasteiger partial charge in [-0.3, -0.25) is 9.69 Å². The molecule has 2 aromatic rings. The van der Waals surface area contributed by atoms with Gasteiger partial charge in [-0.05, 0) is 55.2 Å². The zero-order valence-electron chi connectivity index (χ0n) is 19.1. The number of rotatable bonds is 8. The van der Waals surface area contributed by atoms with E-state index in [0.29, 0.717) is 22.3 Å². The Kier molecular flexibility index (Phi) is 8.40. The summed E-state index contributed by atoms with van der Waals surface area (Å²) in [6, 6.07) is 15.0. The molecule has 178 valence electrons. The van der Waals surface area contributed by atoms with Crippen molar-refractivity contribution in [1.82, 2.24) is 4.90 Å². The fraction of sp³-hybridized carbons (Fsp3) is 0.333. The van der Waals surface area contributed by atoms with Crippen LogP contribution < -0.4 is 0 Å². The summed E-state index contributed by atoms with van der Waals surface area (Å²) >= 11 is 0. The molecule has 0 aliphatic rings.